The SMILES string of the molecule is CCCNC(=O)[C@@H](CC)N(Cc1c(Cl)cccc1Cl)C(=O)CCCN1C(=O)c2ccccc2S1(=O)=O. The molecule has 3 amide bonds. The van der Waals surface area contributed by atoms with Gasteiger partial charge >= 0.3 is 0 Å². The Morgan fingerprint density at radius 1 is 1.06 bits per heavy atom. The Hall–Kier alpha value is -2.62. The predicted molar refractivity (Wildman–Crippen MR) is 138 cm³/mol. The molecule has 0 aromatic heterocycles. The molecule has 36 heavy (non-hydrogen) atoms. The summed E-state index contributed by atoms with van der Waals surface area (Å²) in [6.45, 7) is 4.07. The second-order valence-electron chi connectivity index (χ2n) is 8.42. The van der Waals surface area contributed by atoms with Gasteiger partial charge in [0.15, 0.2) is 0 Å². The topological polar surface area (TPSA) is 104 Å². The molecule has 3 rings (SSSR count). The van der Waals surface area contributed by atoms with Gasteiger partial charge < -0.3 is 10.2 Å². The van der Waals surface area contributed by atoms with Crippen LogP contribution in [0.1, 0.15) is 55.5 Å². The number of amides is 3. The molecule has 0 saturated carbocycles. The molecule has 0 fully saturated rings. The molecular formula is C25H29Cl2N3O5S. The van der Waals surface area contributed by atoms with E-state index in [1.165, 1.54) is 17.0 Å². The van der Waals surface area contributed by atoms with E-state index < -0.39 is 22.0 Å². The summed E-state index contributed by atoms with van der Waals surface area (Å²) in [6.07, 6.45) is 1.12. The molecule has 1 aliphatic heterocycles. The smallest absolute Gasteiger partial charge is 0.269 e. The zero-order valence-corrected chi connectivity index (χ0v) is 22.5. The van der Waals surface area contributed by atoms with Crippen LogP contribution in [0.3, 0.4) is 0 Å². The van der Waals surface area contributed by atoms with Gasteiger partial charge in [-0.15, -0.1) is 0 Å². The normalized spacial score (nSPS) is 14.9. The van der Waals surface area contributed by atoms with Crippen LogP contribution in [-0.2, 0) is 26.2 Å². The second kappa shape index (κ2) is 12.1. The number of nitrogens with one attached hydrogen (secondary N) is 1. The average Bonchev–Trinajstić information content (AvgIpc) is 3.04. The Morgan fingerprint density at radius 2 is 1.72 bits per heavy atom. The van der Waals surface area contributed by atoms with Gasteiger partial charge in [0.2, 0.25) is 11.8 Å². The number of fused-ring (bicyclic) bond motifs is 1. The van der Waals surface area contributed by atoms with Gasteiger partial charge in [0.1, 0.15) is 10.9 Å². The van der Waals surface area contributed by atoms with Crippen molar-refractivity contribution in [3.63, 3.8) is 0 Å². The third-order valence-corrected chi connectivity index (χ3v) is 8.54. The van der Waals surface area contributed by atoms with Crippen molar-refractivity contribution in [2.24, 2.45) is 0 Å². The Bertz CT molecular complexity index is 1230. The van der Waals surface area contributed by atoms with Crippen molar-refractivity contribution in [3.05, 3.63) is 63.6 Å². The Morgan fingerprint density at radius 3 is 2.33 bits per heavy atom. The van der Waals surface area contributed by atoms with E-state index in [4.69, 9.17) is 23.2 Å². The van der Waals surface area contributed by atoms with Crippen LogP contribution in [0.5, 0.6) is 0 Å². The predicted octanol–water partition coefficient (Wildman–Crippen LogP) is 4.25. The van der Waals surface area contributed by atoms with Gasteiger partial charge in [-0.2, -0.15) is 0 Å². The Balaban J connectivity index is 1.78. The van der Waals surface area contributed by atoms with Crippen molar-refractivity contribution >= 4 is 50.9 Å². The number of benzene rings is 2. The van der Waals surface area contributed by atoms with Crippen molar-refractivity contribution in [3.8, 4) is 0 Å². The van der Waals surface area contributed by atoms with Crippen LogP contribution in [0.25, 0.3) is 0 Å². The summed E-state index contributed by atoms with van der Waals surface area (Å²) in [5.41, 5.74) is 0.640. The number of rotatable bonds is 11. The van der Waals surface area contributed by atoms with Crippen LogP contribution in [-0.4, -0.2) is 54.5 Å². The van der Waals surface area contributed by atoms with E-state index in [1.807, 2.05) is 6.92 Å². The molecule has 194 valence electrons. The summed E-state index contributed by atoms with van der Waals surface area (Å²) in [5.74, 6) is -1.27. The summed E-state index contributed by atoms with van der Waals surface area (Å²) in [4.78, 5) is 40.3. The van der Waals surface area contributed by atoms with E-state index in [0.29, 0.717) is 28.6 Å². The van der Waals surface area contributed by atoms with Gasteiger partial charge in [0.05, 0.1) is 5.56 Å². The lowest BCUT2D eigenvalue weighted by Gasteiger charge is -2.31. The lowest BCUT2D eigenvalue weighted by molar-refractivity contribution is -0.141. The maximum absolute atomic E-state index is 13.4. The van der Waals surface area contributed by atoms with Crippen LogP contribution < -0.4 is 5.32 Å². The minimum Gasteiger partial charge on any atom is -0.354 e. The van der Waals surface area contributed by atoms with Gasteiger partial charge in [-0.3, -0.25) is 14.4 Å². The number of carbonyl (C=O) groups excluding carboxylic acids is 3. The largest absolute Gasteiger partial charge is 0.354 e. The monoisotopic (exact) mass is 553 g/mol. The number of hydrogen-bond acceptors (Lipinski definition) is 5. The molecule has 2 aromatic carbocycles. The molecule has 0 aliphatic carbocycles. The van der Waals surface area contributed by atoms with Gasteiger partial charge in [-0.25, -0.2) is 12.7 Å². The standard InChI is InChI=1S/C25H29Cl2N3O5S/c1-3-14-28-24(32)21(4-2)29(16-18-19(26)10-7-11-20(18)27)23(31)13-8-15-30-25(33)17-9-5-6-12-22(17)36(30,34)35/h5-7,9-12,21H,3-4,8,13-16H2,1-2H3,(H,28,32)/t21-/m1/s1. The number of hydrogen-bond donors (Lipinski definition) is 1. The van der Waals surface area contributed by atoms with Crippen molar-refractivity contribution < 1.29 is 22.8 Å². The quantitative estimate of drug-likeness (QED) is 0.447. The van der Waals surface area contributed by atoms with Gasteiger partial charge in [-0.05, 0) is 43.5 Å². The molecule has 8 nitrogen and oxygen atoms in total. The minimum atomic E-state index is -3.96. The van der Waals surface area contributed by atoms with Crippen molar-refractivity contribution in [2.45, 2.75) is 57.0 Å². The van der Waals surface area contributed by atoms with Crippen molar-refractivity contribution in [1.82, 2.24) is 14.5 Å². The van der Waals surface area contributed by atoms with Crippen LogP contribution in [0.4, 0.5) is 0 Å². The zero-order valence-electron chi connectivity index (χ0n) is 20.2. The first kappa shape index (κ1) is 28.0. The lowest BCUT2D eigenvalue weighted by Crippen LogP contribution is -2.49. The molecule has 0 saturated heterocycles. The number of carbonyl (C=O) groups is 3. The molecule has 1 atom stereocenters. The van der Waals surface area contributed by atoms with Crippen LogP contribution in [0.2, 0.25) is 10.0 Å². The molecule has 1 N–H and O–H groups in total. The summed E-state index contributed by atoms with van der Waals surface area (Å²) in [6, 6.07) is 10.3. The lowest BCUT2D eigenvalue weighted by atomic mass is 10.1. The fraction of sp³-hybridized carbons (Fsp3) is 0.400. The van der Waals surface area contributed by atoms with Crippen LogP contribution >= 0.6 is 23.2 Å². The fourth-order valence-corrected chi connectivity index (χ4v) is 6.23. The molecule has 1 heterocycles. The fourth-order valence-electron chi connectivity index (χ4n) is 4.11. The first-order chi connectivity index (χ1) is 17.1. The molecule has 0 unspecified atom stereocenters. The van der Waals surface area contributed by atoms with Crippen molar-refractivity contribution in [1.29, 1.82) is 0 Å². The van der Waals surface area contributed by atoms with E-state index in [0.717, 1.165) is 10.7 Å². The summed E-state index contributed by atoms with van der Waals surface area (Å²) < 4.78 is 26.4. The Labute approximate surface area is 221 Å². The first-order valence-electron chi connectivity index (χ1n) is 11.8. The minimum absolute atomic E-state index is 0.0157. The average molecular weight is 554 g/mol. The van der Waals surface area contributed by atoms with E-state index in [1.54, 1.807) is 37.3 Å². The highest BCUT2D eigenvalue weighted by Gasteiger charge is 2.40. The number of halogens is 2. The first-order valence-corrected chi connectivity index (χ1v) is 14.0. The Kier molecular flexibility index (Phi) is 9.38. The van der Waals surface area contributed by atoms with E-state index >= 15 is 0 Å². The van der Waals surface area contributed by atoms with Crippen LogP contribution in [0, 0.1) is 0 Å². The maximum Gasteiger partial charge on any atom is 0.269 e. The van der Waals surface area contributed by atoms with Crippen molar-refractivity contribution in [2.75, 3.05) is 13.1 Å². The number of nitrogens with zero attached hydrogens (tertiary/aromatic N) is 2. The van der Waals surface area contributed by atoms with Crippen LogP contribution in [0.15, 0.2) is 47.4 Å². The summed E-state index contributed by atoms with van der Waals surface area (Å²) in [7, 11) is -3.96. The molecule has 11 heteroatoms. The molecule has 0 radical (unpaired) electrons. The number of sulfonamides is 1. The maximum atomic E-state index is 13.4. The van der Waals surface area contributed by atoms with Gasteiger partial charge in [0.25, 0.3) is 15.9 Å². The third-order valence-electron chi connectivity index (χ3n) is 5.99. The summed E-state index contributed by atoms with van der Waals surface area (Å²) in [5, 5.41) is 3.57. The third kappa shape index (κ3) is 5.85. The molecular weight excluding hydrogens is 525 g/mol. The molecule has 0 spiro atoms. The van der Waals surface area contributed by atoms with Gasteiger partial charge in [-0.1, -0.05) is 55.2 Å². The highest BCUT2D eigenvalue weighted by atomic mass is 35.5. The van der Waals surface area contributed by atoms with E-state index in [2.05, 4.69) is 5.32 Å². The van der Waals surface area contributed by atoms with E-state index in [-0.39, 0.29) is 48.2 Å². The molecule has 2 aromatic rings. The molecule has 1 aliphatic rings. The van der Waals surface area contributed by atoms with Gasteiger partial charge in [0, 0.05) is 41.7 Å². The highest BCUT2D eigenvalue weighted by molar-refractivity contribution is 7.90. The van der Waals surface area contributed by atoms with E-state index in [9.17, 15) is 22.8 Å². The highest BCUT2D eigenvalue weighted by Crippen LogP contribution is 2.31. The molecule has 0 bridgehead atoms. The zero-order chi connectivity index (χ0) is 26.5. The summed E-state index contributed by atoms with van der Waals surface area (Å²) >= 11 is 12.7. The second-order valence-corrected chi connectivity index (χ2v) is 11.1.